The molecule has 1 N–H and O–H groups in total. The lowest BCUT2D eigenvalue weighted by atomic mass is 10.1. The molecule has 1 aliphatic rings. The van der Waals surface area contributed by atoms with Gasteiger partial charge in [0.05, 0.1) is 4.90 Å². The van der Waals surface area contributed by atoms with Crippen LogP contribution in [0.15, 0.2) is 35.2 Å². The molecule has 0 aromatic heterocycles. The number of aryl methyl sites for hydroxylation is 1. The molecule has 0 aliphatic carbocycles. The summed E-state index contributed by atoms with van der Waals surface area (Å²) in [5.74, 6) is 0. The fourth-order valence-electron chi connectivity index (χ4n) is 2.28. The smallest absolute Gasteiger partial charge is 0.243 e. The predicted molar refractivity (Wildman–Crippen MR) is 81.1 cm³/mol. The lowest BCUT2D eigenvalue weighted by Gasteiger charge is -2.24. The third-order valence-electron chi connectivity index (χ3n) is 3.47. The Morgan fingerprint density at radius 1 is 1.30 bits per heavy atom. The molecule has 0 fully saturated rings. The minimum Gasteiger partial charge on any atom is -0.313 e. The first kappa shape index (κ1) is 15.2. The molecule has 110 valence electrons. The van der Waals surface area contributed by atoms with Gasteiger partial charge in [0.25, 0.3) is 0 Å². The summed E-state index contributed by atoms with van der Waals surface area (Å²) in [6.07, 6.45) is 4.73. The molecule has 1 heterocycles. The lowest BCUT2D eigenvalue weighted by molar-refractivity contribution is 0.437. The van der Waals surface area contributed by atoms with Crippen LogP contribution in [-0.2, 0) is 16.6 Å². The van der Waals surface area contributed by atoms with Gasteiger partial charge in [-0.3, -0.25) is 0 Å². The van der Waals surface area contributed by atoms with E-state index in [0.717, 1.165) is 24.1 Å². The van der Waals surface area contributed by atoms with Gasteiger partial charge in [-0.15, -0.1) is 0 Å². The minimum atomic E-state index is -3.39. The standard InChI is InChI=1S/C15H22N2O2S/c1-3-16-12-14-8-7-13(2)15(11-14)20(18,19)17-9-5-4-6-10-17/h4-5,7-8,11,16H,3,6,9-10,12H2,1-2H3. The SMILES string of the molecule is CCNCc1ccc(C)c(S(=O)(=O)N2CC=CCC2)c1. The average Bonchev–Trinajstić information content (AvgIpc) is 2.47. The monoisotopic (exact) mass is 294 g/mol. The third kappa shape index (κ3) is 3.29. The van der Waals surface area contributed by atoms with Crippen molar-refractivity contribution in [3.8, 4) is 0 Å². The van der Waals surface area contributed by atoms with E-state index in [1.54, 1.807) is 10.4 Å². The van der Waals surface area contributed by atoms with E-state index in [1.807, 2.05) is 38.1 Å². The van der Waals surface area contributed by atoms with Gasteiger partial charge in [0.1, 0.15) is 0 Å². The van der Waals surface area contributed by atoms with Gasteiger partial charge in [0.2, 0.25) is 10.0 Å². The zero-order valence-corrected chi connectivity index (χ0v) is 12.9. The van der Waals surface area contributed by atoms with Gasteiger partial charge in [-0.25, -0.2) is 8.42 Å². The van der Waals surface area contributed by atoms with Crippen LogP contribution in [0.1, 0.15) is 24.5 Å². The number of nitrogens with zero attached hydrogens (tertiary/aromatic N) is 1. The number of nitrogens with one attached hydrogen (secondary N) is 1. The molecule has 1 aliphatic heterocycles. The van der Waals surface area contributed by atoms with Crippen molar-refractivity contribution in [2.75, 3.05) is 19.6 Å². The van der Waals surface area contributed by atoms with Crippen molar-refractivity contribution in [2.45, 2.75) is 31.7 Å². The van der Waals surface area contributed by atoms with E-state index in [1.165, 1.54) is 0 Å². The Bertz CT molecular complexity index is 594. The Labute approximate surface area is 121 Å². The second-order valence-electron chi connectivity index (χ2n) is 5.00. The molecule has 1 aromatic carbocycles. The summed E-state index contributed by atoms with van der Waals surface area (Å²) in [6.45, 7) is 6.48. The summed E-state index contributed by atoms with van der Waals surface area (Å²) < 4.78 is 27.0. The van der Waals surface area contributed by atoms with Crippen LogP contribution in [0.3, 0.4) is 0 Å². The maximum Gasteiger partial charge on any atom is 0.243 e. The number of hydrogen-bond acceptors (Lipinski definition) is 3. The van der Waals surface area contributed by atoms with Crippen LogP contribution < -0.4 is 5.32 Å². The van der Waals surface area contributed by atoms with Crippen LogP contribution in [0.4, 0.5) is 0 Å². The molecular formula is C15H22N2O2S. The summed E-state index contributed by atoms with van der Waals surface area (Å²) in [4.78, 5) is 0.434. The largest absolute Gasteiger partial charge is 0.313 e. The van der Waals surface area contributed by atoms with E-state index in [-0.39, 0.29) is 0 Å². The first-order chi connectivity index (χ1) is 9.55. The van der Waals surface area contributed by atoms with Gasteiger partial charge in [-0.05, 0) is 37.1 Å². The highest BCUT2D eigenvalue weighted by Gasteiger charge is 2.26. The highest BCUT2D eigenvalue weighted by molar-refractivity contribution is 7.89. The quantitative estimate of drug-likeness (QED) is 0.846. The summed E-state index contributed by atoms with van der Waals surface area (Å²) in [6, 6.07) is 5.66. The van der Waals surface area contributed by atoms with Gasteiger partial charge < -0.3 is 5.32 Å². The van der Waals surface area contributed by atoms with E-state index in [0.29, 0.717) is 24.5 Å². The number of benzene rings is 1. The molecule has 5 heteroatoms. The van der Waals surface area contributed by atoms with Crippen LogP contribution in [0.5, 0.6) is 0 Å². The van der Waals surface area contributed by atoms with Crippen LogP contribution in [-0.4, -0.2) is 32.4 Å². The maximum absolute atomic E-state index is 12.7. The summed E-state index contributed by atoms with van der Waals surface area (Å²) >= 11 is 0. The third-order valence-corrected chi connectivity index (χ3v) is 5.48. The van der Waals surface area contributed by atoms with Crippen LogP contribution in [0, 0.1) is 6.92 Å². The van der Waals surface area contributed by atoms with Gasteiger partial charge in [-0.1, -0.05) is 31.2 Å². The Balaban J connectivity index is 2.32. The van der Waals surface area contributed by atoms with E-state index in [9.17, 15) is 8.42 Å². The Kier molecular flexibility index (Phi) is 4.96. The van der Waals surface area contributed by atoms with Crippen molar-refractivity contribution in [3.05, 3.63) is 41.5 Å². The van der Waals surface area contributed by atoms with Gasteiger partial charge in [0, 0.05) is 19.6 Å². The van der Waals surface area contributed by atoms with Crippen molar-refractivity contribution < 1.29 is 8.42 Å². The van der Waals surface area contributed by atoms with E-state index < -0.39 is 10.0 Å². The molecule has 0 bridgehead atoms. The summed E-state index contributed by atoms with van der Waals surface area (Å²) in [7, 11) is -3.39. The van der Waals surface area contributed by atoms with Gasteiger partial charge in [0.15, 0.2) is 0 Å². The second-order valence-corrected chi connectivity index (χ2v) is 6.91. The van der Waals surface area contributed by atoms with Crippen molar-refractivity contribution in [3.63, 3.8) is 0 Å². The molecule has 1 aromatic rings. The Morgan fingerprint density at radius 2 is 2.10 bits per heavy atom. The molecule has 0 unspecified atom stereocenters. The molecule has 2 rings (SSSR count). The fourth-order valence-corrected chi connectivity index (χ4v) is 3.96. The topological polar surface area (TPSA) is 49.4 Å². The highest BCUT2D eigenvalue weighted by atomic mass is 32.2. The number of hydrogen-bond donors (Lipinski definition) is 1. The van der Waals surface area contributed by atoms with Crippen molar-refractivity contribution in [2.24, 2.45) is 0 Å². The molecule has 0 atom stereocenters. The van der Waals surface area contributed by atoms with E-state index in [2.05, 4.69) is 5.32 Å². The predicted octanol–water partition coefficient (Wildman–Crippen LogP) is 2.06. The fraction of sp³-hybridized carbons (Fsp3) is 0.467. The molecular weight excluding hydrogens is 272 g/mol. The lowest BCUT2D eigenvalue weighted by Crippen LogP contribution is -2.34. The summed E-state index contributed by atoms with van der Waals surface area (Å²) in [5, 5.41) is 3.22. The van der Waals surface area contributed by atoms with Crippen molar-refractivity contribution in [1.29, 1.82) is 0 Å². The number of sulfonamides is 1. The van der Waals surface area contributed by atoms with Crippen LogP contribution in [0.25, 0.3) is 0 Å². The van der Waals surface area contributed by atoms with Crippen molar-refractivity contribution in [1.82, 2.24) is 9.62 Å². The molecule has 0 radical (unpaired) electrons. The Morgan fingerprint density at radius 3 is 2.75 bits per heavy atom. The zero-order chi connectivity index (χ0) is 14.6. The summed E-state index contributed by atoms with van der Waals surface area (Å²) in [5.41, 5.74) is 1.81. The average molecular weight is 294 g/mol. The molecule has 0 amide bonds. The number of rotatable bonds is 5. The van der Waals surface area contributed by atoms with Crippen LogP contribution >= 0.6 is 0 Å². The first-order valence-electron chi connectivity index (χ1n) is 7.01. The normalized spacial score (nSPS) is 16.5. The minimum absolute atomic E-state index is 0.434. The molecule has 4 nitrogen and oxygen atoms in total. The maximum atomic E-state index is 12.7. The first-order valence-corrected chi connectivity index (χ1v) is 8.45. The molecule has 0 saturated carbocycles. The van der Waals surface area contributed by atoms with Gasteiger partial charge >= 0.3 is 0 Å². The van der Waals surface area contributed by atoms with E-state index in [4.69, 9.17) is 0 Å². The second kappa shape index (κ2) is 6.52. The molecule has 0 spiro atoms. The van der Waals surface area contributed by atoms with Crippen LogP contribution in [0.2, 0.25) is 0 Å². The van der Waals surface area contributed by atoms with E-state index >= 15 is 0 Å². The zero-order valence-electron chi connectivity index (χ0n) is 12.1. The van der Waals surface area contributed by atoms with Gasteiger partial charge in [-0.2, -0.15) is 4.31 Å². The highest BCUT2D eigenvalue weighted by Crippen LogP contribution is 2.22. The molecule has 0 saturated heterocycles. The Hall–Kier alpha value is -1.17. The van der Waals surface area contributed by atoms with Crippen molar-refractivity contribution >= 4 is 10.0 Å². The molecule has 20 heavy (non-hydrogen) atoms.